The Kier molecular flexibility index (Phi) is 4.64. The average molecular weight is 377 g/mol. The summed E-state index contributed by atoms with van der Waals surface area (Å²) in [6.07, 6.45) is -1.01. The van der Waals surface area contributed by atoms with Gasteiger partial charge in [-0.1, -0.05) is 12.1 Å². The fourth-order valence-electron chi connectivity index (χ4n) is 3.72. The molecule has 2 fully saturated rings. The van der Waals surface area contributed by atoms with Gasteiger partial charge in [0.25, 0.3) is 5.60 Å². The number of carbonyl (C=O) groups is 4. The van der Waals surface area contributed by atoms with Gasteiger partial charge in [0.05, 0.1) is 33.4 Å². The van der Waals surface area contributed by atoms with Crippen molar-refractivity contribution in [2.45, 2.75) is 11.7 Å². The molecule has 0 bridgehead atoms. The molecule has 9 heteroatoms. The third-order valence-electron chi connectivity index (χ3n) is 5.07. The van der Waals surface area contributed by atoms with Crippen LogP contribution in [0.15, 0.2) is 24.3 Å². The van der Waals surface area contributed by atoms with E-state index < -0.39 is 47.3 Å². The Morgan fingerprint density at radius 2 is 1.56 bits per heavy atom. The van der Waals surface area contributed by atoms with Crippen LogP contribution in [0, 0.1) is 11.8 Å². The van der Waals surface area contributed by atoms with Crippen LogP contribution in [-0.2, 0) is 33.4 Å². The first-order chi connectivity index (χ1) is 12.8. The van der Waals surface area contributed by atoms with E-state index in [4.69, 9.17) is 18.9 Å². The molecule has 0 spiro atoms. The van der Waals surface area contributed by atoms with Crippen molar-refractivity contribution in [1.29, 1.82) is 0 Å². The van der Waals surface area contributed by atoms with Gasteiger partial charge in [-0.25, -0.2) is 9.59 Å². The number of amides is 2. The van der Waals surface area contributed by atoms with Gasteiger partial charge in [0.2, 0.25) is 11.8 Å². The molecule has 2 saturated heterocycles. The highest BCUT2D eigenvalue weighted by molar-refractivity contribution is 6.15. The first-order valence-corrected chi connectivity index (χ1v) is 8.13. The van der Waals surface area contributed by atoms with Gasteiger partial charge in [-0.3, -0.25) is 14.5 Å². The van der Waals surface area contributed by atoms with Gasteiger partial charge >= 0.3 is 11.9 Å². The van der Waals surface area contributed by atoms with E-state index in [0.29, 0.717) is 11.3 Å². The topological polar surface area (TPSA) is 108 Å². The summed E-state index contributed by atoms with van der Waals surface area (Å²) >= 11 is 0. The van der Waals surface area contributed by atoms with Gasteiger partial charge in [-0.05, 0) is 17.7 Å². The van der Waals surface area contributed by atoms with Crippen LogP contribution in [0.4, 0.5) is 0 Å². The van der Waals surface area contributed by atoms with Gasteiger partial charge in [0.1, 0.15) is 11.7 Å². The number of methoxy groups -OCH3 is 3. The molecule has 1 aromatic carbocycles. The third kappa shape index (κ3) is 2.49. The lowest BCUT2D eigenvalue weighted by Gasteiger charge is -2.28. The molecular formula is C18H19NO8. The average Bonchev–Trinajstić information content (AvgIpc) is 3.17. The lowest BCUT2D eigenvalue weighted by Crippen LogP contribution is -2.55. The summed E-state index contributed by atoms with van der Waals surface area (Å²) in [6.45, 7) is 0. The smallest absolute Gasteiger partial charge is 0.350 e. The van der Waals surface area contributed by atoms with Gasteiger partial charge in [0.15, 0.2) is 0 Å². The van der Waals surface area contributed by atoms with E-state index >= 15 is 0 Å². The first-order valence-electron chi connectivity index (χ1n) is 8.13. The van der Waals surface area contributed by atoms with E-state index in [1.807, 2.05) is 0 Å². The Balaban J connectivity index is 2.16. The minimum absolute atomic E-state index is 0.511. The molecule has 1 aromatic rings. The molecular weight excluding hydrogens is 358 g/mol. The third-order valence-corrected chi connectivity index (χ3v) is 5.07. The molecule has 0 aliphatic carbocycles. The van der Waals surface area contributed by atoms with Crippen LogP contribution in [0.2, 0.25) is 0 Å². The van der Waals surface area contributed by atoms with Crippen LogP contribution in [0.1, 0.15) is 11.7 Å². The number of hydrogen-bond donors (Lipinski definition) is 0. The Morgan fingerprint density at radius 1 is 1.00 bits per heavy atom. The van der Waals surface area contributed by atoms with Gasteiger partial charge in [0, 0.05) is 7.05 Å². The molecule has 0 radical (unpaired) electrons. The fourth-order valence-corrected chi connectivity index (χ4v) is 3.72. The summed E-state index contributed by atoms with van der Waals surface area (Å²) in [5.41, 5.74) is -1.84. The van der Waals surface area contributed by atoms with Crippen molar-refractivity contribution in [2.75, 3.05) is 28.4 Å². The summed E-state index contributed by atoms with van der Waals surface area (Å²) in [4.78, 5) is 51.5. The number of fused-ring (bicyclic) bond motifs is 1. The number of hydrogen-bond acceptors (Lipinski definition) is 8. The largest absolute Gasteiger partial charge is 0.497 e. The van der Waals surface area contributed by atoms with Gasteiger partial charge in [-0.15, -0.1) is 0 Å². The highest BCUT2D eigenvalue weighted by Gasteiger charge is 2.74. The van der Waals surface area contributed by atoms with Gasteiger partial charge < -0.3 is 18.9 Å². The zero-order valence-corrected chi connectivity index (χ0v) is 15.3. The minimum atomic E-state index is -2.35. The van der Waals surface area contributed by atoms with Crippen molar-refractivity contribution >= 4 is 23.8 Å². The molecule has 0 saturated carbocycles. The second-order valence-electron chi connectivity index (χ2n) is 6.27. The molecule has 27 heavy (non-hydrogen) atoms. The normalized spacial score (nSPS) is 25.9. The highest BCUT2D eigenvalue weighted by Crippen LogP contribution is 2.53. The fraction of sp³-hybridized carbons (Fsp3) is 0.444. The van der Waals surface area contributed by atoms with E-state index in [2.05, 4.69) is 0 Å². The molecule has 2 heterocycles. The van der Waals surface area contributed by atoms with Crippen LogP contribution in [-0.4, -0.2) is 62.6 Å². The quantitative estimate of drug-likeness (QED) is 0.412. The molecule has 144 valence electrons. The SMILES string of the molecule is COC(=O)C1(C(=O)OC)OC(c2ccc(OC)cc2)C2C(=O)N(C)C(=O)C21. The number of likely N-dealkylation sites (tertiary alicyclic amines) is 1. The van der Waals surface area contributed by atoms with E-state index in [1.165, 1.54) is 14.2 Å². The van der Waals surface area contributed by atoms with Crippen molar-refractivity contribution in [1.82, 2.24) is 4.90 Å². The van der Waals surface area contributed by atoms with Crippen molar-refractivity contribution < 1.29 is 38.1 Å². The molecule has 2 amide bonds. The van der Waals surface area contributed by atoms with Crippen molar-refractivity contribution in [2.24, 2.45) is 11.8 Å². The summed E-state index contributed by atoms with van der Waals surface area (Å²) in [7, 11) is 4.94. The van der Waals surface area contributed by atoms with Crippen LogP contribution < -0.4 is 4.74 Å². The Labute approximate surface area is 155 Å². The maximum Gasteiger partial charge on any atom is 0.350 e. The molecule has 0 aromatic heterocycles. The molecule has 9 nitrogen and oxygen atoms in total. The summed E-state index contributed by atoms with van der Waals surface area (Å²) < 4.78 is 20.4. The Morgan fingerprint density at radius 3 is 2.04 bits per heavy atom. The maximum absolute atomic E-state index is 12.7. The van der Waals surface area contributed by atoms with E-state index in [1.54, 1.807) is 24.3 Å². The number of rotatable bonds is 4. The van der Waals surface area contributed by atoms with Crippen molar-refractivity contribution in [3.63, 3.8) is 0 Å². The zero-order valence-electron chi connectivity index (χ0n) is 15.3. The number of carbonyl (C=O) groups excluding carboxylic acids is 4. The molecule has 2 aliphatic rings. The minimum Gasteiger partial charge on any atom is -0.497 e. The van der Waals surface area contributed by atoms with E-state index in [0.717, 1.165) is 19.1 Å². The van der Waals surface area contributed by atoms with Crippen molar-refractivity contribution in [3.8, 4) is 5.75 Å². The Hall–Kier alpha value is -2.94. The van der Waals surface area contributed by atoms with Crippen LogP contribution in [0.5, 0.6) is 5.75 Å². The molecule has 0 N–H and O–H groups in total. The molecule has 2 aliphatic heterocycles. The number of ether oxygens (including phenoxy) is 4. The number of nitrogens with zero attached hydrogens (tertiary/aromatic N) is 1. The molecule has 3 unspecified atom stereocenters. The second-order valence-corrected chi connectivity index (χ2v) is 6.27. The summed E-state index contributed by atoms with van der Waals surface area (Å²) in [6, 6.07) is 6.58. The van der Waals surface area contributed by atoms with Crippen LogP contribution in [0.25, 0.3) is 0 Å². The molecule has 3 rings (SSSR count). The number of benzene rings is 1. The van der Waals surface area contributed by atoms with Crippen molar-refractivity contribution in [3.05, 3.63) is 29.8 Å². The van der Waals surface area contributed by atoms with E-state index in [9.17, 15) is 19.2 Å². The lowest BCUT2D eigenvalue weighted by molar-refractivity contribution is -0.192. The lowest BCUT2D eigenvalue weighted by atomic mass is 9.79. The van der Waals surface area contributed by atoms with Crippen LogP contribution in [0.3, 0.4) is 0 Å². The predicted molar refractivity (Wildman–Crippen MR) is 88.3 cm³/mol. The highest BCUT2D eigenvalue weighted by atomic mass is 16.6. The van der Waals surface area contributed by atoms with E-state index in [-0.39, 0.29) is 0 Å². The van der Waals surface area contributed by atoms with Gasteiger partial charge in [-0.2, -0.15) is 0 Å². The predicted octanol–water partition coefficient (Wildman–Crippen LogP) is 0.0823. The number of esters is 2. The zero-order chi connectivity index (χ0) is 19.9. The monoisotopic (exact) mass is 377 g/mol. The Bertz CT molecular complexity index is 786. The summed E-state index contributed by atoms with van der Waals surface area (Å²) in [5, 5.41) is 0. The summed E-state index contributed by atoms with van der Waals surface area (Å²) in [5.74, 6) is -5.27. The number of imide groups is 1. The molecule has 3 atom stereocenters. The standard InChI is InChI=1S/C18H19NO8/c1-19-14(20)11-12(15(19)21)18(16(22)25-3,17(23)26-4)27-13(11)9-5-7-10(24-2)8-6-9/h5-8,11-13H,1-4H3. The maximum atomic E-state index is 12.7. The van der Waals surface area contributed by atoms with Crippen LogP contribution >= 0.6 is 0 Å². The first kappa shape index (κ1) is 18.8. The second kappa shape index (κ2) is 6.66.